The molecule has 1 aliphatic carbocycles. The van der Waals surface area contributed by atoms with Crippen LogP contribution in [0, 0.1) is 5.92 Å². The fourth-order valence-corrected chi connectivity index (χ4v) is 3.12. The van der Waals surface area contributed by atoms with Gasteiger partial charge in [0.05, 0.1) is 10.9 Å². The zero-order chi connectivity index (χ0) is 19.6. The summed E-state index contributed by atoms with van der Waals surface area (Å²) in [7, 11) is 0. The number of unbranched alkanes of at least 4 members (excludes halogenated alkanes) is 1. The molecule has 1 aromatic carbocycles. The molecule has 1 N–H and O–H groups in total. The van der Waals surface area contributed by atoms with E-state index in [1.165, 1.54) is 5.57 Å². The van der Waals surface area contributed by atoms with Crippen LogP contribution >= 0.6 is 24.4 Å². The maximum absolute atomic E-state index is 5.11. The smallest absolute Gasteiger partial charge is 0.0705 e. The number of nitrogens with zero attached hydrogens (tertiary/aromatic N) is 1. The van der Waals surface area contributed by atoms with Crippen LogP contribution in [0.3, 0.4) is 0 Å². The van der Waals surface area contributed by atoms with Crippen LogP contribution in [0.1, 0.15) is 33.1 Å². The van der Waals surface area contributed by atoms with Crippen molar-refractivity contribution in [3.8, 4) is 0 Å². The predicted octanol–water partition coefficient (Wildman–Crippen LogP) is 4.97. The molecule has 27 heavy (non-hydrogen) atoms. The highest BCUT2D eigenvalue weighted by molar-refractivity contribution is 7.80. The van der Waals surface area contributed by atoms with Gasteiger partial charge in [0.15, 0.2) is 0 Å². The minimum atomic E-state index is 0.290. The first-order chi connectivity index (χ1) is 13.0. The Hall–Kier alpha value is -2.13. The first kappa shape index (κ1) is 21.2. The molecule has 0 saturated heterocycles. The Kier molecular flexibility index (Phi) is 8.53. The lowest BCUT2D eigenvalue weighted by Gasteiger charge is -2.12. The topological polar surface area (TPSA) is 24.4 Å². The average Bonchev–Trinajstić information content (AvgIpc) is 2.62. The average molecular weight is 395 g/mol. The summed E-state index contributed by atoms with van der Waals surface area (Å²) in [6, 6.07) is 6.31. The normalized spacial score (nSPS) is 18.1. The largest absolute Gasteiger partial charge is 0.385 e. The lowest BCUT2D eigenvalue weighted by molar-refractivity contribution is 0.798. The van der Waals surface area contributed by atoms with Gasteiger partial charge in [-0.15, -0.1) is 0 Å². The van der Waals surface area contributed by atoms with Crippen LogP contribution in [0.25, 0.3) is 12.7 Å². The van der Waals surface area contributed by atoms with Crippen molar-refractivity contribution in [3.63, 3.8) is 0 Å². The minimum Gasteiger partial charge on any atom is -0.385 e. The molecule has 1 atom stereocenters. The van der Waals surface area contributed by atoms with Gasteiger partial charge >= 0.3 is 0 Å². The van der Waals surface area contributed by atoms with Crippen molar-refractivity contribution in [1.82, 2.24) is 0 Å². The summed E-state index contributed by atoms with van der Waals surface area (Å²) in [6.07, 6.45) is 13.7. The number of aliphatic imine (C=N–C) groups is 1. The van der Waals surface area contributed by atoms with Crippen LogP contribution in [-0.4, -0.2) is 16.6 Å². The van der Waals surface area contributed by atoms with E-state index in [-0.39, 0.29) is 0 Å². The Morgan fingerprint density at radius 2 is 2.11 bits per heavy atom. The standard InChI is InChI=1S/C23H26N2S2/c1-17-14-22(24-13-5-4-6-19(3)27)11-9-20(17)7-8-21-10-12-23(25-16-26)15-18(21)2/h7-12,14-15,18,24H,1,4-6,13H2,2-3H3. The van der Waals surface area contributed by atoms with Crippen LogP contribution in [0.15, 0.2) is 58.8 Å². The molecule has 4 heteroatoms. The first-order valence-electron chi connectivity index (χ1n) is 9.21. The van der Waals surface area contributed by atoms with Crippen molar-refractivity contribution < 1.29 is 0 Å². The maximum Gasteiger partial charge on any atom is 0.0705 e. The van der Waals surface area contributed by atoms with Gasteiger partial charge < -0.3 is 5.32 Å². The van der Waals surface area contributed by atoms with Gasteiger partial charge in [-0.25, -0.2) is 0 Å². The summed E-state index contributed by atoms with van der Waals surface area (Å²) in [5.74, 6) is 0.290. The molecule has 1 aromatic rings. The summed E-state index contributed by atoms with van der Waals surface area (Å²) in [6.45, 7) is 9.29. The number of benzene rings is 1. The lowest BCUT2D eigenvalue weighted by atomic mass is 9.94. The van der Waals surface area contributed by atoms with Gasteiger partial charge in [0.2, 0.25) is 0 Å². The maximum atomic E-state index is 5.11. The van der Waals surface area contributed by atoms with Crippen molar-refractivity contribution >= 4 is 52.8 Å². The number of anilines is 1. The van der Waals surface area contributed by atoms with Crippen LogP contribution in [0.2, 0.25) is 0 Å². The summed E-state index contributed by atoms with van der Waals surface area (Å²) in [4.78, 5) is 5.12. The minimum absolute atomic E-state index is 0.290. The monoisotopic (exact) mass is 394 g/mol. The Labute approximate surface area is 172 Å². The van der Waals surface area contributed by atoms with Crippen LogP contribution in [0.5, 0.6) is 0 Å². The second kappa shape index (κ2) is 10.9. The highest BCUT2D eigenvalue weighted by Gasteiger charge is 2.08. The van der Waals surface area contributed by atoms with Crippen molar-refractivity contribution in [2.45, 2.75) is 33.1 Å². The molecule has 0 radical (unpaired) electrons. The Morgan fingerprint density at radius 3 is 2.78 bits per heavy atom. The van der Waals surface area contributed by atoms with E-state index in [1.807, 2.05) is 13.0 Å². The highest BCUT2D eigenvalue weighted by Crippen LogP contribution is 2.22. The van der Waals surface area contributed by atoms with Gasteiger partial charge in [-0.1, -0.05) is 56.1 Å². The number of rotatable bonds is 8. The van der Waals surface area contributed by atoms with E-state index in [9.17, 15) is 0 Å². The summed E-state index contributed by atoms with van der Waals surface area (Å²) in [5, 5.41) is 8.01. The first-order valence-corrected chi connectivity index (χ1v) is 10.0. The van der Waals surface area contributed by atoms with Crippen molar-refractivity contribution in [2.75, 3.05) is 11.9 Å². The van der Waals surface area contributed by atoms with Gasteiger partial charge in [0.25, 0.3) is 0 Å². The Morgan fingerprint density at radius 1 is 1.30 bits per heavy atom. The van der Waals surface area contributed by atoms with Gasteiger partial charge in [-0.2, -0.15) is 4.99 Å². The van der Waals surface area contributed by atoms with Crippen molar-refractivity contribution in [3.05, 3.63) is 64.2 Å². The quantitative estimate of drug-likeness (QED) is 0.383. The number of hydrogen-bond acceptors (Lipinski definition) is 4. The zero-order valence-electron chi connectivity index (χ0n) is 16.0. The van der Waals surface area contributed by atoms with E-state index >= 15 is 0 Å². The fourth-order valence-electron chi connectivity index (χ4n) is 2.87. The molecule has 0 spiro atoms. The highest BCUT2D eigenvalue weighted by atomic mass is 32.1. The van der Waals surface area contributed by atoms with Gasteiger partial charge in [0, 0.05) is 18.2 Å². The number of allylic oxidation sites excluding steroid dienone is 5. The van der Waals surface area contributed by atoms with Crippen LogP contribution in [-0.2, 0) is 0 Å². The van der Waals surface area contributed by atoms with E-state index < -0.39 is 0 Å². The summed E-state index contributed by atoms with van der Waals surface area (Å²) >= 11 is 9.77. The van der Waals surface area contributed by atoms with Crippen molar-refractivity contribution in [2.24, 2.45) is 10.9 Å². The van der Waals surface area contributed by atoms with Gasteiger partial charge in [-0.05, 0) is 77.5 Å². The third-order valence-corrected chi connectivity index (χ3v) is 4.75. The number of nitrogens with one attached hydrogen (secondary N) is 1. The zero-order valence-corrected chi connectivity index (χ0v) is 17.6. The Balaban J connectivity index is 2.01. The third-order valence-electron chi connectivity index (χ3n) is 4.45. The molecule has 0 saturated carbocycles. The van der Waals surface area contributed by atoms with E-state index in [0.717, 1.165) is 52.5 Å². The van der Waals surface area contributed by atoms with Crippen LogP contribution in [0.4, 0.5) is 5.69 Å². The molecule has 0 aromatic heterocycles. The lowest BCUT2D eigenvalue weighted by Crippen LogP contribution is -2.23. The van der Waals surface area contributed by atoms with Gasteiger partial charge in [0.1, 0.15) is 0 Å². The number of thiocarbonyl (C=S) groups is 2. The van der Waals surface area contributed by atoms with Gasteiger partial charge in [-0.3, -0.25) is 0 Å². The summed E-state index contributed by atoms with van der Waals surface area (Å²) < 4.78 is 0. The van der Waals surface area contributed by atoms with Crippen molar-refractivity contribution in [1.29, 1.82) is 0 Å². The molecule has 0 bridgehead atoms. The molecule has 0 amide bonds. The molecule has 1 unspecified atom stereocenters. The molecular formula is C23H26N2S2. The predicted molar refractivity (Wildman–Crippen MR) is 126 cm³/mol. The fraction of sp³-hybridized carbons (Fsp3) is 0.304. The third kappa shape index (κ3) is 7.18. The van der Waals surface area contributed by atoms with E-state index in [2.05, 4.69) is 83.7 Å². The second-order valence-electron chi connectivity index (χ2n) is 6.75. The molecule has 2 rings (SSSR count). The number of hydrogen-bond donors (Lipinski definition) is 1. The molecule has 0 aliphatic heterocycles. The summed E-state index contributed by atoms with van der Waals surface area (Å²) in [5.41, 5.74) is 3.21. The molecule has 0 fully saturated rings. The molecule has 2 nitrogen and oxygen atoms in total. The van der Waals surface area contributed by atoms with E-state index in [0.29, 0.717) is 5.92 Å². The number of isothiocyanates is 1. The SMILES string of the molecule is C=c1cc(NCCCCC(C)=S)ccc1=CC=C1C=CC(N=C=S)=CC1C. The van der Waals surface area contributed by atoms with E-state index in [4.69, 9.17) is 12.2 Å². The van der Waals surface area contributed by atoms with Crippen LogP contribution < -0.4 is 15.8 Å². The molecule has 1 aliphatic rings. The molecule has 0 heterocycles. The second-order valence-corrected chi connectivity index (χ2v) is 7.63. The molecular weight excluding hydrogens is 368 g/mol. The molecule has 140 valence electrons. The van der Waals surface area contributed by atoms with E-state index in [1.54, 1.807) is 0 Å². The Bertz CT molecular complexity index is 932.